The Morgan fingerprint density at radius 2 is 2.40 bits per heavy atom. The third-order valence-corrected chi connectivity index (χ3v) is 2.64. The molecule has 0 spiro atoms. The van der Waals surface area contributed by atoms with Crippen molar-refractivity contribution in [1.82, 2.24) is 4.90 Å². The van der Waals surface area contributed by atoms with Gasteiger partial charge in [0, 0.05) is 12.5 Å². The average molecular weight is 141 g/mol. The Kier molecular flexibility index (Phi) is 1.66. The van der Waals surface area contributed by atoms with Crippen molar-refractivity contribution >= 4 is 0 Å². The first-order valence-electron chi connectivity index (χ1n) is 4.24. The summed E-state index contributed by atoms with van der Waals surface area (Å²) in [5.74, 6) is 0.861. The summed E-state index contributed by atoms with van der Waals surface area (Å²) in [6, 6.07) is 0. The molecule has 2 aliphatic rings. The first-order valence-corrected chi connectivity index (χ1v) is 4.24. The number of nitrogens with zero attached hydrogens (tertiary/aromatic N) is 1. The Hall–Kier alpha value is -0.0800. The molecule has 0 aliphatic carbocycles. The van der Waals surface area contributed by atoms with Gasteiger partial charge in [0.1, 0.15) is 0 Å². The van der Waals surface area contributed by atoms with Crippen molar-refractivity contribution in [3.63, 3.8) is 0 Å². The second-order valence-electron chi connectivity index (χ2n) is 3.31. The molecule has 2 fully saturated rings. The van der Waals surface area contributed by atoms with Crippen molar-refractivity contribution in [3.8, 4) is 0 Å². The molecule has 0 N–H and O–H groups in total. The van der Waals surface area contributed by atoms with Gasteiger partial charge in [-0.2, -0.15) is 0 Å². The normalized spacial score (nSPS) is 40.5. The van der Waals surface area contributed by atoms with E-state index in [-0.39, 0.29) is 0 Å². The zero-order valence-electron chi connectivity index (χ0n) is 6.55. The molecule has 2 aliphatic heterocycles. The minimum absolute atomic E-state index is 0.636. The smallest absolute Gasteiger partial charge is 0.0850 e. The van der Waals surface area contributed by atoms with Crippen molar-refractivity contribution < 1.29 is 4.74 Å². The molecule has 0 amide bonds. The third-order valence-electron chi connectivity index (χ3n) is 2.64. The van der Waals surface area contributed by atoms with Crippen LogP contribution in [0.4, 0.5) is 0 Å². The Balaban J connectivity index is 1.81. The summed E-state index contributed by atoms with van der Waals surface area (Å²) in [6.45, 7) is 7.05. The van der Waals surface area contributed by atoms with Gasteiger partial charge in [-0.05, 0) is 19.5 Å². The predicted octanol–water partition coefficient (Wildman–Crippen LogP) is 0.727. The highest BCUT2D eigenvalue weighted by atomic mass is 16.6. The van der Waals surface area contributed by atoms with Gasteiger partial charge in [0.05, 0.1) is 12.7 Å². The van der Waals surface area contributed by atoms with Crippen LogP contribution in [-0.2, 0) is 4.74 Å². The number of hydrogen-bond acceptors (Lipinski definition) is 2. The lowest BCUT2D eigenvalue weighted by molar-refractivity contribution is 0.301. The van der Waals surface area contributed by atoms with Gasteiger partial charge in [0.15, 0.2) is 0 Å². The fourth-order valence-corrected chi connectivity index (χ4v) is 1.78. The van der Waals surface area contributed by atoms with Gasteiger partial charge in [-0.3, -0.25) is 0 Å². The van der Waals surface area contributed by atoms with E-state index in [0.29, 0.717) is 6.10 Å². The van der Waals surface area contributed by atoms with Crippen LogP contribution in [0.5, 0.6) is 0 Å². The monoisotopic (exact) mass is 141 g/mol. The second kappa shape index (κ2) is 2.51. The molecule has 0 saturated carbocycles. The second-order valence-corrected chi connectivity index (χ2v) is 3.31. The van der Waals surface area contributed by atoms with Crippen LogP contribution in [0.15, 0.2) is 0 Å². The van der Waals surface area contributed by atoms with E-state index in [0.717, 1.165) is 12.5 Å². The SMILES string of the molecule is CCN1CC[C@H]([C@@H]2CO2)C1. The van der Waals surface area contributed by atoms with Crippen molar-refractivity contribution in [1.29, 1.82) is 0 Å². The van der Waals surface area contributed by atoms with Gasteiger partial charge in [-0.1, -0.05) is 6.92 Å². The van der Waals surface area contributed by atoms with E-state index in [1.165, 1.54) is 26.1 Å². The lowest BCUT2D eigenvalue weighted by Gasteiger charge is -2.10. The average Bonchev–Trinajstić information content (AvgIpc) is 2.70. The van der Waals surface area contributed by atoms with Crippen LogP contribution in [0.1, 0.15) is 13.3 Å². The molecule has 0 unspecified atom stereocenters. The van der Waals surface area contributed by atoms with Gasteiger partial charge in [0.2, 0.25) is 0 Å². The van der Waals surface area contributed by atoms with Crippen LogP contribution in [0.25, 0.3) is 0 Å². The van der Waals surface area contributed by atoms with Crippen LogP contribution < -0.4 is 0 Å². The van der Waals surface area contributed by atoms with E-state index in [1.807, 2.05) is 0 Å². The van der Waals surface area contributed by atoms with Crippen LogP contribution in [0, 0.1) is 5.92 Å². The topological polar surface area (TPSA) is 15.8 Å². The molecule has 2 heterocycles. The quantitative estimate of drug-likeness (QED) is 0.527. The van der Waals surface area contributed by atoms with Gasteiger partial charge in [-0.25, -0.2) is 0 Å². The van der Waals surface area contributed by atoms with Crippen LogP contribution in [0.3, 0.4) is 0 Å². The number of hydrogen-bond donors (Lipinski definition) is 0. The van der Waals surface area contributed by atoms with Gasteiger partial charge >= 0.3 is 0 Å². The molecule has 2 rings (SSSR count). The first kappa shape index (κ1) is 6.62. The third kappa shape index (κ3) is 1.18. The highest BCUT2D eigenvalue weighted by Gasteiger charge is 2.36. The first-order chi connectivity index (χ1) is 4.90. The minimum Gasteiger partial charge on any atom is -0.373 e. The van der Waals surface area contributed by atoms with E-state index in [4.69, 9.17) is 4.74 Å². The molecular formula is C8H15NO. The molecular weight excluding hydrogens is 126 g/mol. The van der Waals surface area contributed by atoms with Crippen molar-refractivity contribution in [3.05, 3.63) is 0 Å². The summed E-state index contributed by atoms with van der Waals surface area (Å²) in [5, 5.41) is 0. The highest BCUT2D eigenvalue weighted by Crippen LogP contribution is 2.28. The Morgan fingerprint density at radius 3 is 2.90 bits per heavy atom. The standard InChI is InChI=1S/C8H15NO/c1-2-9-4-3-7(5-9)8-6-10-8/h7-8H,2-6H2,1H3/t7-,8-/m0/s1. The molecule has 10 heavy (non-hydrogen) atoms. The van der Waals surface area contributed by atoms with E-state index < -0.39 is 0 Å². The van der Waals surface area contributed by atoms with Crippen molar-refractivity contribution in [2.45, 2.75) is 19.4 Å². The fourth-order valence-electron chi connectivity index (χ4n) is 1.78. The minimum atomic E-state index is 0.636. The number of rotatable bonds is 2. The number of likely N-dealkylation sites (tertiary alicyclic amines) is 1. The number of ether oxygens (including phenoxy) is 1. The Morgan fingerprint density at radius 1 is 1.60 bits per heavy atom. The molecule has 0 bridgehead atoms. The van der Waals surface area contributed by atoms with E-state index >= 15 is 0 Å². The molecule has 2 saturated heterocycles. The largest absolute Gasteiger partial charge is 0.373 e. The molecule has 0 aromatic carbocycles. The van der Waals surface area contributed by atoms with Crippen LogP contribution in [-0.4, -0.2) is 37.2 Å². The summed E-state index contributed by atoms with van der Waals surface area (Å²) < 4.78 is 5.26. The molecule has 0 radical (unpaired) electrons. The molecule has 0 aromatic heterocycles. The van der Waals surface area contributed by atoms with Crippen LogP contribution in [0.2, 0.25) is 0 Å². The lowest BCUT2D eigenvalue weighted by Crippen LogP contribution is -2.21. The summed E-state index contributed by atoms with van der Waals surface area (Å²) >= 11 is 0. The zero-order valence-corrected chi connectivity index (χ0v) is 6.55. The van der Waals surface area contributed by atoms with Crippen LogP contribution >= 0.6 is 0 Å². The Labute approximate surface area is 62.2 Å². The van der Waals surface area contributed by atoms with E-state index in [2.05, 4.69) is 11.8 Å². The summed E-state index contributed by atoms with van der Waals surface area (Å²) in [7, 11) is 0. The summed E-state index contributed by atoms with van der Waals surface area (Å²) in [4.78, 5) is 2.51. The van der Waals surface area contributed by atoms with Crippen molar-refractivity contribution in [2.75, 3.05) is 26.2 Å². The van der Waals surface area contributed by atoms with Crippen molar-refractivity contribution in [2.24, 2.45) is 5.92 Å². The molecule has 58 valence electrons. The Bertz CT molecular complexity index is 122. The molecule has 2 heteroatoms. The fraction of sp³-hybridized carbons (Fsp3) is 1.00. The maximum atomic E-state index is 5.26. The maximum Gasteiger partial charge on any atom is 0.0850 e. The summed E-state index contributed by atoms with van der Waals surface area (Å²) in [5.41, 5.74) is 0. The molecule has 2 nitrogen and oxygen atoms in total. The molecule has 2 atom stereocenters. The highest BCUT2D eigenvalue weighted by molar-refractivity contribution is 4.86. The number of epoxide rings is 1. The van der Waals surface area contributed by atoms with E-state index in [9.17, 15) is 0 Å². The molecule has 0 aromatic rings. The van der Waals surface area contributed by atoms with E-state index in [1.54, 1.807) is 0 Å². The van der Waals surface area contributed by atoms with Gasteiger partial charge in [-0.15, -0.1) is 0 Å². The summed E-state index contributed by atoms with van der Waals surface area (Å²) in [6.07, 6.45) is 2.00. The van der Waals surface area contributed by atoms with Gasteiger partial charge < -0.3 is 9.64 Å². The maximum absolute atomic E-state index is 5.26. The zero-order chi connectivity index (χ0) is 6.97. The lowest BCUT2D eigenvalue weighted by atomic mass is 10.1. The predicted molar refractivity (Wildman–Crippen MR) is 40.0 cm³/mol. The van der Waals surface area contributed by atoms with Gasteiger partial charge in [0.25, 0.3) is 0 Å².